The number of nitrogens with zero attached hydrogens (tertiary/aromatic N) is 1. The molecule has 0 fully saturated rings. The second-order valence-corrected chi connectivity index (χ2v) is 6.78. The average molecular weight is 328 g/mol. The summed E-state index contributed by atoms with van der Waals surface area (Å²) in [5.41, 5.74) is 7.79. The molecular weight excluding hydrogens is 304 g/mol. The molecule has 0 aliphatic heterocycles. The number of aromatic nitrogens is 1. The van der Waals surface area contributed by atoms with Gasteiger partial charge in [-0.3, -0.25) is 0 Å². The molecule has 3 aromatic carbocycles. The predicted octanol–water partition coefficient (Wildman–Crippen LogP) is 6.04. The van der Waals surface area contributed by atoms with Gasteiger partial charge in [-0.15, -0.1) is 0 Å². The molecule has 0 amide bonds. The maximum atomic E-state index is 3.60. The Morgan fingerprint density at radius 3 is 2.48 bits per heavy atom. The molecule has 25 heavy (non-hydrogen) atoms. The summed E-state index contributed by atoms with van der Waals surface area (Å²) in [7, 11) is 0. The molecule has 0 saturated heterocycles. The molecule has 2 nitrogen and oxygen atoms in total. The van der Waals surface area contributed by atoms with Gasteiger partial charge in [0.25, 0.3) is 0 Å². The van der Waals surface area contributed by atoms with Crippen LogP contribution in [0.15, 0.2) is 60.7 Å². The molecule has 0 unspecified atom stereocenters. The van der Waals surface area contributed by atoms with Gasteiger partial charge in [0.2, 0.25) is 0 Å². The van der Waals surface area contributed by atoms with E-state index in [2.05, 4.69) is 91.3 Å². The Kier molecular flexibility index (Phi) is 3.96. The zero-order chi connectivity index (χ0) is 17.4. The van der Waals surface area contributed by atoms with Gasteiger partial charge >= 0.3 is 0 Å². The van der Waals surface area contributed by atoms with E-state index < -0.39 is 0 Å². The van der Waals surface area contributed by atoms with Crippen LogP contribution in [0.25, 0.3) is 21.8 Å². The highest BCUT2D eigenvalue weighted by molar-refractivity contribution is 6.09. The third kappa shape index (κ3) is 2.78. The van der Waals surface area contributed by atoms with E-state index in [1.807, 2.05) is 0 Å². The third-order valence-electron chi connectivity index (χ3n) is 5.08. The van der Waals surface area contributed by atoms with Crippen molar-refractivity contribution in [1.82, 2.24) is 4.57 Å². The maximum Gasteiger partial charge on any atom is 0.0492 e. The van der Waals surface area contributed by atoms with E-state index in [4.69, 9.17) is 0 Å². The minimum atomic E-state index is 0.853. The van der Waals surface area contributed by atoms with Gasteiger partial charge in [0, 0.05) is 40.6 Å². The number of nitrogens with one attached hydrogen (secondary N) is 1. The van der Waals surface area contributed by atoms with Gasteiger partial charge < -0.3 is 9.88 Å². The first-order valence-corrected chi connectivity index (χ1v) is 8.98. The zero-order valence-corrected chi connectivity index (χ0v) is 15.1. The van der Waals surface area contributed by atoms with Gasteiger partial charge in [0.1, 0.15) is 0 Å². The van der Waals surface area contributed by atoms with Crippen molar-refractivity contribution < 1.29 is 0 Å². The summed E-state index contributed by atoms with van der Waals surface area (Å²) in [6, 6.07) is 22.0. The van der Waals surface area contributed by atoms with Crippen molar-refractivity contribution in [2.45, 2.75) is 33.9 Å². The van der Waals surface area contributed by atoms with Gasteiger partial charge in [-0.2, -0.15) is 0 Å². The van der Waals surface area contributed by atoms with Crippen molar-refractivity contribution in [3.63, 3.8) is 0 Å². The molecular formula is C23H24N2. The van der Waals surface area contributed by atoms with E-state index in [1.165, 1.54) is 44.2 Å². The molecule has 1 aromatic heterocycles. The van der Waals surface area contributed by atoms with Crippen LogP contribution in [0.2, 0.25) is 0 Å². The number of anilines is 1. The predicted molar refractivity (Wildman–Crippen MR) is 108 cm³/mol. The zero-order valence-electron chi connectivity index (χ0n) is 15.1. The van der Waals surface area contributed by atoms with E-state index in [0.29, 0.717) is 0 Å². The summed E-state index contributed by atoms with van der Waals surface area (Å²) in [6.45, 7) is 8.37. The number of hydrogen-bond donors (Lipinski definition) is 1. The lowest BCUT2D eigenvalue weighted by molar-refractivity contribution is 0.827. The molecule has 0 saturated carbocycles. The smallest absolute Gasteiger partial charge is 0.0492 e. The summed E-state index contributed by atoms with van der Waals surface area (Å²) < 4.78 is 2.39. The van der Waals surface area contributed by atoms with Crippen LogP contribution in [-0.4, -0.2) is 4.57 Å². The van der Waals surface area contributed by atoms with Crippen molar-refractivity contribution in [2.75, 3.05) is 5.32 Å². The number of para-hydroxylation sites is 1. The summed E-state index contributed by atoms with van der Waals surface area (Å²) >= 11 is 0. The van der Waals surface area contributed by atoms with Gasteiger partial charge in [-0.05, 0) is 56.2 Å². The lowest BCUT2D eigenvalue weighted by Gasteiger charge is -2.11. The summed E-state index contributed by atoms with van der Waals surface area (Å²) in [6.07, 6.45) is 0. The number of fused-ring (bicyclic) bond motifs is 3. The van der Waals surface area contributed by atoms with Crippen molar-refractivity contribution in [3.05, 3.63) is 77.4 Å². The van der Waals surface area contributed by atoms with Crippen LogP contribution < -0.4 is 5.32 Å². The fourth-order valence-electron chi connectivity index (χ4n) is 3.69. The van der Waals surface area contributed by atoms with Crippen molar-refractivity contribution >= 4 is 27.5 Å². The molecule has 126 valence electrons. The SMILES string of the molecule is CCn1c2ccccc2c2cc(NCc3cc(C)ccc3C)ccc21. The van der Waals surface area contributed by atoms with Crippen LogP contribution in [0.1, 0.15) is 23.6 Å². The normalized spacial score (nSPS) is 11.3. The molecule has 4 aromatic rings. The molecule has 0 bridgehead atoms. The van der Waals surface area contributed by atoms with Crippen molar-refractivity contribution in [2.24, 2.45) is 0 Å². The lowest BCUT2D eigenvalue weighted by atomic mass is 10.1. The van der Waals surface area contributed by atoms with Crippen molar-refractivity contribution in [3.8, 4) is 0 Å². The number of aryl methyl sites for hydroxylation is 3. The quantitative estimate of drug-likeness (QED) is 0.483. The van der Waals surface area contributed by atoms with Gasteiger partial charge in [-0.25, -0.2) is 0 Å². The highest BCUT2D eigenvalue weighted by Crippen LogP contribution is 2.31. The highest BCUT2D eigenvalue weighted by Gasteiger charge is 2.09. The Morgan fingerprint density at radius 2 is 1.64 bits per heavy atom. The standard InChI is InChI=1S/C23H24N2/c1-4-25-22-8-6-5-7-20(22)21-14-19(11-12-23(21)25)24-15-18-13-16(2)9-10-17(18)3/h5-14,24H,4,15H2,1-3H3. The molecule has 0 radical (unpaired) electrons. The van der Waals surface area contributed by atoms with Crippen LogP contribution in [0, 0.1) is 13.8 Å². The topological polar surface area (TPSA) is 17.0 Å². The molecule has 1 N–H and O–H groups in total. The Balaban J connectivity index is 1.72. The van der Waals surface area contributed by atoms with E-state index >= 15 is 0 Å². The molecule has 0 aliphatic rings. The fourth-order valence-corrected chi connectivity index (χ4v) is 3.69. The summed E-state index contributed by atoms with van der Waals surface area (Å²) in [5.74, 6) is 0. The van der Waals surface area contributed by atoms with Crippen LogP contribution in [0.3, 0.4) is 0 Å². The van der Waals surface area contributed by atoms with Gasteiger partial charge in [0.05, 0.1) is 0 Å². The van der Waals surface area contributed by atoms with E-state index in [0.717, 1.165) is 13.1 Å². The van der Waals surface area contributed by atoms with Crippen LogP contribution in [-0.2, 0) is 13.1 Å². The Hall–Kier alpha value is -2.74. The molecule has 0 spiro atoms. The molecule has 0 aliphatic carbocycles. The minimum absolute atomic E-state index is 0.853. The van der Waals surface area contributed by atoms with Crippen LogP contribution in [0.5, 0.6) is 0 Å². The van der Waals surface area contributed by atoms with E-state index in [9.17, 15) is 0 Å². The van der Waals surface area contributed by atoms with E-state index in [1.54, 1.807) is 0 Å². The average Bonchev–Trinajstić information content (AvgIpc) is 2.95. The highest BCUT2D eigenvalue weighted by atomic mass is 15.0. The van der Waals surface area contributed by atoms with E-state index in [-0.39, 0.29) is 0 Å². The Labute approximate surface area is 149 Å². The maximum absolute atomic E-state index is 3.60. The minimum Gasteiger partial charge on any atom is -0.381 e. The monoisotopic (exact) mass is 328 g/mol. The fraction of sp³-hybridized carbons (Fsp3) is 0.217. The molecule has 1 heterocycles. The molecule has 4 rings (SSSR count). The van der Waals surface area contributed by atoms with Crippen LogP contribution in [0.4, 0.5) is 5.69 Å². The first kappa shape index (κ1) is 15.8. The Morgan fingerprint density at radius 1 is 0.840 bits per heavy atom. The number of rotatable bonds is 4. The van der Waals surface area contributed by atoms with Crippen molar-refractivity contribution in [1.29, 1.82) is 0 Å². The summed E-state index contributed by atoms with van der Waals surface area (Å²) in [4.78, 5) is 0. The molecule has 2 heteroatoms. The van der Waals surface area contributed by atoms with Gasteiger partial charge in [0.15, 0.2) is 0 Å². The largest absolute Gasteiger partial charge is 0.381 e. The first-order chi connectivity index (χ1) is 12.2. The second kappa shape index (κ2) is 6.29. The lowest BCUT2D eigenvalue weighted by Crippen LogP contribution is -2.01. The second-order valence-electron chi connectivity index (χ2n) is 6.78. The number of benzene rings is 3. The summed E-state index contributed by atoms with van der Waals surface area (Å²) in [5, 5.41) is 6.25. The first-order valence-electron chi connectivity index (χ1n) is 8.98. The third-order valence-corrected chi connectivity index (χ3v) is 5.08. The molecule has 0 atom stereocenters. The number of hydrogen-bond acceptors (Lipinski definition) is 1. The van der Waals surface area contributed by atoms with Gasteiger partial charge in [-0.1, -0.05) is 42.0 Å². The van der Waals surface area contributed by atoms with Crippen LogP contribution >= 0.6 is 0 Å². The Bertz CT molecular complexity index is 1060.